The van der Waals surface area contributed by atoms with Gasteiger partial charge in [-0.15, -0.1) is 10.2 Å². The molecule has 0 aromatic carbocycles. The first kappa shape index (κ1) is 10.1. The first-order chi connectivity index (χ1) is 7.18. The number of carboxylic acids is 1. The molecular formula is C8H8ClN3O3. The van der Waals surface area contributed by atoms with E-state index in [0.29, 0.717) is 19.6 Å². The van der Waals surface area contributed by atoms with Gasteiger partial charge in [-0.1, -0.05) is 11.6 Å². The Bertz CT molecular complexity index is 427. The highest BCUT2D eigenvalue weighted by Crippen LogP contribution is 2.16. The highest BCUT2D eigenvalue weighted by molar-refractivity contribution is 6.31. The van der Waals surface area contributed by atoms with E-state index in [-0.39, 0.29) is 10.8 Å². The summed E-state index contributed by atoms with van der Waals surface area (Å²) in [5.74, 6) is -1.18. The Kier molecular flexibility index (Phi) is 2.70. The zero-order valence-electron chi connectivity index (χ0n) is 7.68. The van der Waals surface area contributed by atoms with Crippen LogP contribution in [-0.2, 0) is 4.74 Å². The minimum absolute atomic E-state index is 0.102. The summed E-state index contributed by atoms with van der Waals surface area (Å²) in [6.07, 6.45) is 2.44. The fourth-order valence-corrected chi connectivity index (χ4v) is 1.44. The lowest BCUT2D eigenvalue weighted by molar-refractivity contribution is 0.0690. The molecule has 80 valence electrons. The second-order valence-electron chi connectivity index (χ2n) is 2.95. The van der Waals surface area contributed by atoms with E-state index in [2.05, 4.69) is 10.2 Å². The molecule has 0 radical (unpaired) electrons. The first-order valence-electron chi connectivity index (χ1n) is 4.32. The van der Waals surface area contributed by atoms with Crippen molar-refractivity contribution in [3.8, 4) is 0 Å². The van der Waals surface area contributed by atoms with Gasteiger partial charge in [-0.25, -0.2) is 4.79 Å². The molecule has 2 heterocycles. The summed E-state index contributed by atoms with van der Waals surface area (Å²) >= 11 is 5.63. The van der Waals surface area contributed by atoms with E-state index in [4.69, 9.17) is 21.4 Å². The molecule has 1 N–H and O–H groups in total. The molecule has 0 spiro atoms. The van der Waals surface area contributed by atoms with Crippen molar-refractivity contribution >= 4 is 23.3 Å². The molecule has 1 aliphatic heterocycles. The average molecular weight is 230 g/mol. The molecule has 6 nitrogen and oxygen atoms in total. The Balaban J connectivity index is 2.33. The topological polar surface area (TPSA) is 77.2 Å². The number of ether oxygens (including phenoxy) is 1. The van der Waals surface area contributed by atoms with Crippen LogP contribution in [0.5, 0.6) is 0 Å². The van der Waals surface area contributed by atoms with Crippen LogP contribution in [0.3, 0.4) is 0 Å². The van der Waals surface area contributed by atoms with Gasteiger partial charge in [0.05, 0.1) is 18.9 Å². The molecule has 7 heteroatoms. The summed E-state index contributed by atoms with van der Waals surface area (Å²) in [6.45, 7) is 1.06. The van der Waals surface area contributed by atoms with Gasteiger partial charge in [-0.2, -0.15) is 4.80 Å². The van der Waals surface area contributed by atoms with E-state index in [0.717, 1.165) is 5.70 Å². The molecule has 0 amide bonds. The standard InChI is InChI=1S/C8H8ClN3O3/c9-7-6(8(13)14)10-12(11-7)5-1-3-15-4-2-5/h1H,2-4H2,(H,13,14). The zero-order chi connectivity index (χ0) is 10.8. The summed E-state index contributed by atoms with van der Waals surface area (Å²) in [6, 6.07) is 0. The van der Waals surface area contributed by atoms with Gasteiger partial charge in [-0.3, -0.25) is 0 Å². The Labute approximate surface area is 90.1 Å². The Morgan fingerprint density at radius 2 is 2.40 bits per heavy atom. The highest BCUT2D eigenvalue weighted by Gasteiger charge is 2.18. The second-order valence-corrected chi connectivity index (χ2v) is 3.31. The Morgan fingerprint density at radius 1 is 1.60 bits per heavy atom. The van der Waals surface area contributed by atoms with Crippen molar-refractivity contribution < 1.29 is 14.6 Å². The summed E-state index contributed by atoms with van der Waals surface area (Å²) in [4.78, 5) is 11.9. The number of aromatic nitrogens is 3. The van der Waals surface area contributed by atoms with E-state index in [9.17, 15) is 4.79 Å². The number of aromatic carboxylic acids is 1. The van der Waals surface area contributed by atoms with Crippen molar-refractivity contribution in [2.45, 2.75) is 6.42 Å². The van der Waals surface area contributed by atoms with Gasteiger partial charge in [0, 0.05) is 6.42 Å². The normalized spacial score (nSPS) is 16.2. The minimum Gasteiger partial charge on any atom is -0.476 e. The third kappa shape index (κ3) is 2.00. The van der Waals surface area contributed by atoms with Crippen LogP contribution >= 0.6 is 11.6 Å². The van der Waals surface area contributed by atoms with Crippen LogP contribution in [0.4, 0.5) is 0 Å². The summed E-state index contributed by atoms with van der Waals surface area (Å²) in [5, 5.41) is 16.2. The van der Waals surface area contributed by atoms with Gasteiger partial charge in [0.1, 0.15) is 0 Å². The molecule has 0 unspecified atom stereocenters. The Morgan fingerprint density at radius 3 is 2.93 bits per heavy atom. The van der Waals surface area contributed by atoms with Crippen LogP contribution in [0, 0.1) is 0 Å². The highest BCUT2D eigenvalue weighted by atomic mass is 35.5. The maximum atomic E-state index is 10.7. The average Bonchev–Trinajstić information content (AvgIpc) is 2.62. The molecule has 0 saturated heterocycles. The monoisotopic (exact) mass is 229 g/mol. The SMILES string of the molecule is O=C(O)c1nn(C2=CCOCC2)nc1Cl. The van der Waals surface area contributed by atoms with Gasteiger partial charge in [-0.05, 0) is 6.08 Å². The largest absolute Gasteiger partial charge is 0.476 e. The molecule has 0 saturated carbocycles. The third-order valence-corrected chi connectivity index (χ3v) is 2.23. The number of hydrogen-bond donors (Lipinski definition) is 1. The number of carboxylic acid groups (broad SMARTS) is 1. The van der Waals surface area contributed by atoms with Gasteiger partial charge in [0.25, 0.3) is 0 Å². The molecule has 1 aromatic heterocycles. The predicted molar refractivity (Wildman–Crippen MR) is 51.7 cm³/mol. The number of nitrogens with zero attached hydrogens (tertiary/aromatic N) is 3. The van der Waals surface area contributed by atoms with E-state index < -0.39 is 5.97 Å². The number of hydrogen-bond acceptors (Lipinski definition) is 4. The molecule has 0 aliphatic carbocycles. The predicted octanol–water partition coefficient (Wildman–Crippen LogP) is 0.891. The number of rotatable bonds is 2. The smallest absolute Gasteiger partial charge is 0.359 e. The molecule has 0 atom stereocenters. The van der Waals surface area contributed by atoms with Crippen molar-refractivity contribution in [2.24, 2.45) is 0 Å². The van der Waals surface area contributed by atoms with Crippen molar-refractivity contribution in [1.29, 1.82) is 0 Å². The third-order valence-electron chi connectivity index (χ3n) is 1.97. The van der Waals surface area contributed by atoms with Gasteiger partial charge in [0.15, 0.2) is 5.15 Å². The van der Waals surface area contributed by atoms with Crippen molar-refractivity contribution in [3.05, 3.63) is 16.9 Å². The lowest BCUT2D eigenvalue weighted by atomic mass is 10.3. The molecule has 2 rings (SSSR count). The second kappa shape index (κ2) is 4.00. The first-order valence-corrected chi connectivity index (χ1v) is 4.69. The van der Waals surface area contributed by atoms with Crippen molar-refractivity contribution in [3.63, 3.8) is 0 Å². The molecule has 1 aromatic rings. The molecule has 1 aliphatic rings. The summed E-state index contributed by atoms with van der Waals surface area (Å²) in [5.41, 5.74) is 0.569. The maximum Gasteiger partial charge on any atom is 0.359 e. The van der Waals surface area contributed by atoms with Crippen LogP contribution in [0.2, 0.25) is 5.15 Å². The van der Waals surface area contributed by atoms with Crippen molar-refractivity contribution in [2.75, 3.05) is 13.2 Å². The lowest BCUT2D eigenvalue weighted by Gasteiger charge is -2.11. The summed E-state index contributed by atoms with van der Waals surface area (Å²) in [7, 11) is 0. The van der Waals surface area contributed by atoms with E-state index in [1.165, 1.54) is 4.80 Å². The van der Waals surface area contributed by atoms with E-state index in [1.54, 1.807) is 6.08 Å². The Hall–Kier alpha value is -1.40. The zero-order valence-corrected chi connectivity index (χ0v) is 8.44. The molecule has 0 bridgehead atoms. The molecular weight excluding hydrogens is 222 g/mol. The number of carbonyl (C=O) groups is 1. The van der Waals surface area contributed by atoms with Gasteiger partial charge in [0.2, 0.25) is 5.69 Å². The lowest BCUT2D eigenvalue weighted by Crippen LogP contribution is -2.11. The summed E-state index contributed by atoms with van der Waals surface area (Å²) < 4.78 is 5.11. The minimum atomic E-state index is -1.18. The van der Waals surface area contributed by atoms with Crippen LogP contribution in [0.25, 0.3) is 5.70 Å². The molecule has 0 fully saturated rings. The fourth-order valence-electron chi connectivity index (χ4n) is 1.25. The quantitative estimate of drug-likeness (QED) is 0.815. The molecule has 15 heavy (non-hydrogen) atoms. The van der Waals surface area contributed by atoms with Crippen LogP contribution in [0.1, 0.15) is 16.9 Å². The van der Waals surface area contributed by atoms with Gasteiger partial charge < -0.3 is 9.84 Å². The van der Waals surface area contributed by atoms with Crippen LogP contribution < -0.4 is 0 Å². The maximum absolute atomic E-state index is 10.7. The van der Waals surface area contributed by atoms with Crippen LogP contribution in [-0.4, -0.2) is 39.3 Å². The van der Waals surface area contributed by atoms with E-state index >= 15 is 0 Å². The van der Waals surface area contributed by atoms with Gasteiger partial charge >= 0.3 is 5.97 Å². The number of halogens is 1. The van der Waals surface area contributed by atoms with Crippen molar-refractivity contribution in [1.82, 2.24) is 15.0 Å². The fraction of sp³-hybridized carbons (Fsp3) is 0.375. The van der Waals surface area contributed by atoms with E-state index in [1.807, 2.05) is 0 Å². The van der Waals surface area contributed by atoms with Crippen LogP contribution in [0.15, 0.2) is 6.08 Å².